The van der Waals surface area contributed by atoms with Crippen molar-refractivity contribution in [3.05, 3.63) is 83.4 Å². The number of hydrogen-bond donors (Lipinski definition) is 4. The number of piperidine rings is 1. The normalized spacial score (nSPS) is 20.3. The zero-order chi connectivity index (χ0) is 31.6. The lowest BCUT2D eigenvalue weighted by Crippen LogP contribution is -2.53. The third-order valence-electron chi connectivity index (χ3n) is 8.16. The Morgan fingerprint density at radius 2 is 1.73 bits per heavy atom. The molecule has 2 aliphatic heterocycles. The Bertz CT molecular complexity index is 1450. The number of fused-ring (bicyclic) bond motifs is 1. The summed E-state index contributed by atoms with van der Waals surface area (Å²) in [7, 11) is 1.62. The van der Waals surface area contributed by atoms with E-state index >= 15 is 0 Å². The monoisotopic (exact) mass is 615 g/mol. The van der Waals surface area contributed by atoms with Crippen molar-refractivity contribution in [3.8, 4) is 5.75 Å². The van der Waals surface area contributed by atoms with Gasteiger partial charge in [0.05, 0.1) is 24.9 Å². The Labute approximate surface area is 262 Å². The molecule has 1 saturated heterocycles. The lowest BCUT2D eigenvalue weighted by atomic mass is 10.1. The van der Waals surface area contributed by atoms with Crippen LogP contribution < -0.4 is 20.7 Å². The molecule has 3 heterocycles. The molecule has 0 bridgehead atoms. The number of aromatic amines is 1. The standard InChI is InChI=1S/C33H41N7O5/c1-39-15-16-45-29-8-4-3-7-26(29)31(42)38-27(18-30(41)37-28(33(39)44)17-25-20-34-22-36-25)32(43)35-19-23-9-11-24(12-10-23)21-40-13-5-2-6-14-40/h3-4,7-12,20,22,27-28H,2,5-6,13-19,21H2,1H3,(H,34,36)(H,35,43)(H,37,41)(H,38,42)/t27-,28-/m0/s1. The molecular weight excluding hydrogens is 574 g/mol. The summed E-state index contributed by atoms with van der Waals surface area (Å²) in [6, 6.07) is 12.6. The molecule has 238 valence electrons. The van der Waals surface area contributed by atoms with Crippen LogP contribution in [0.4, 0.5) is 0 Å². The molecule has 0 spiro atoms. The minimum absolute atomic E-state index is 0.123. The van der Waals surface area contributed by atoms with Gasteiger partial charge >= 0.3 is 0 Å². The molecular formula is C33H41N7O5. The molecule has 2 aromatic carbocycles. The lowest BCUT2D eigenvalue weighted by molar-refractivity contribution is -0.136. The van der Waals surface area contributed by atoms with Gasteiger partial charge in [0.1, 0.15) is 24.4 Å². The second-order valence-electron chi connectivity index (χ2n) is 11.6. The number of carbonyl (C=O) groups excluding carboxylic acids is 4. The van der Waals surface area contributed by atoms with Gasteiger partial charge in [-0.15, -0.1) is 0 Å². The maximum absolute atomic E-state index is 13.5. The van der Waals surface area contributed by atoms with E-state index in [1.165, 1.54) is 36.1 Å². The first kappa shape index (κ1) is 31.7. The summed E-state index contributed by atoms with van der Waals surface area (Å²) >= 11 is 0. The topological polar surface area (TPSA) is 149 Å². The van der Waals surface area contributed by atoms with Gasteiger partial charge in [-0.05, 0) is 49.2 Å². The Balaban J connectivity index is 1.30. The van der Waals surface area contributed by atoms with Gasteiger partial charge in [-0.2, -0.15) is 0 Å². The van der Waals surface area contributed by atoms with Gasteiger partial charge in [-0.3, -0.25) is 24.1 Å². The summed E-state index contributed by atoms with van der Waals surface area (Å²) in [5, 5.41) is 8.36. The van der Waals surface area contributed by atoms with Crippen LogP contribution in [0.15, 0.2) is 61.1 Å². The summed E-state index contributed by atoms with van der Waals surface area (Å²) < 4.78 is 5.88. The molecule has 2 atom stereocenters. The minimum atomic E-state index is -1.20. The van der Waals surface area contributed by atoms with Crippen LogP contribution in [0.5, 0.6) is 5.75 Å². The molecule has 0 aliphatic carbocycles. The number of carbonyl (C=O) groups is 4. The Morgan fingerprint density at radius 3 is 2.49 bits per heavy atom. The van der Waals surface area contributed by atoms with Crippen molar-refractivity contribution in [2.24, 2.45) is 0 Å². The van der Waals surface area contributed by atoms with Crippen LogP contribution in [-0.4, -0.2) is 88.8 Å². The third-order valence-corrected chi connectivity index (χ3v) is 8.16. The Hall–Kier alpha value is -4.71. The summed E-state index contributed by atoms with van der Waals surface area (Å²) in [5.41, 5.74) is 3.00. The van der Waals surface area contributed by atoms with Crippen LogP contribution in [0, 0.1) is 0 Å². The van der Waals surface area contributed by atoms with Crippen LogP contribution >= 0.6 is 0 Å². The van der Waals surface area contributed by atoms with Gasteiger partial charge in [-0.1, -0.05) is 42.8 Å². The Morgan fingerprint density at radius 1 is 0.978 bits per heavy atom. The average molecular weight is 616 g/mol. The van der Waals surface area contributed by atoms with Gasteiger partial charge in [-0.25, -0.2) is 4.98 Å². The summed E-state index contributed by atoms with van der Waals surface area (Å²) in [6.07, 6.45) is 6.65. The van der Waals surface area contributed by atoms with Crippen molar-refractivity contribution >= 4 is 23.6 Å². The predicted octanol–water partition coefficient (Wildman–Crippen LogP) is 1.78. The van der Waals surface area contributed by atoms with Crippen LogP contribution in [-0.2, 0) is 33.9 Å². The molecule has 1 fully saturated rings. The quantitative estimate of drug-likeness (QED) is 0.317. The van der Waals surface area contributed by atoms with E-state index in [-0.39, 0.29) is 44.0 Å². The molecule has 4 amide bonds. The number of aromatic nitrogens is 2. The molecule has 4 N–H and O–H groups in total. The number of amides is 4. The molecule has 1 aromatic heterocycles. The zero-order valence-corrected chi connectivity index (χ0v) is 25.6. The maximum Gasteiger partial charge on any atom is 0.255 e. The number of imidazole rings is 1. The smallest absolute Gasteiger partial charge is 0.255 e. The van der Waals surface area contributed by atoms with Crippen molar-refractivity contribution in [1.82, 2.24) is 35.7 Å². The van der Waals surface area contributed by atoms with Crippen molar-refractivity contribution in [2.45, 2.75) is 57.3 Å². The number of para-hydroxylation sites is 1. The SMILES string of the molecule is CN1CCOc2ccccc2C(=O)N[C@H](C(=O)NCc2ccc(CN3CCCCC3)cc2)CC(=O)N[C@@H](Cc2cnc[nH]2)C1=O. The molecule has 12 nitrogen and oxygen atoms in total. The number of nitrogens with zero attached hydrogens (tertiary/aromatic N) is 3. The van der Waals surface area contributed by atoms with E-state index in [2.05, 4.69) is 43.0 Å². The van der Waals surface area contributed by atoms with Crippen LogP contribution in [0.2, 0.25) is 0 Å². The van der Waals surface area contributed by atoms with Crippen LogP contribution in [0.25, 0.3) is 0 Å². The fourth-order valence-electron chi connectivity index (χ4n) is 5.60. The number of benzene rings is 2. The molecule has 3 aromatic rings. The highest BCUT2D eigenvalue weighted by molar-refractivity contribution is 6.01. The van der Waals surface area contributed by atoms with E-state index in [1.807, 2.05) is 12.1 Å². The molecule has 0 saturated carbocycles. The van der Waals surface area contributed by atoms with Crippen molar-refractivity contribution in [1.29, 1.82) is 0 Å². The lowest BCUT2D eigenvalue weighted by Gasteiger charge is -2.26. The molecule has 0 radical (unpaired) electrons. The summed E-state index contributed by atoms with van der Waals surface area (Å²) in [6.45, 7) is 3.71. The predicted molar refractivity (Wildman–Crippen MR) is 167 cm³/mol. The molecule has 2 aliphatic rings. The van der Waals surface area contributed by atoms with E-state index in [9.17, 15) is 19.2 Å². The number of rotatable bonds is 7. The number of hydrogen-bond acceptors (Lipinski definition) is 7. The van der Waals surface area contributed by atoms with Crippen LogP contribution in [0.1, 0.15) is 52.9 Å². The fraction of sp³-hybridized carbons (Fsp3) is 0.424. The van der Waals surface area contributed by atoms with Gasteiger partial charge in [0.25, 0.3) is 5.91 Å². The zero-order valence-electron chi connectivity index (χ0n) is 25.6. The number of ether oxygens (including phenoxy) is 1. The van der Waals surface area contributed by atoms with Gasteiger partial charge < -0.3 is 30.6 Å². The highest BCUT2D eigenvalue weighted by Crippen LogP contribution is 2.19. The van der Waals surface area contributed by atoms with Crippen LogP contribution in [0.3, 0.4) is 0 Å². The molecule has 12 heteroatoms. The van der Waals surface area contributed by atoms with E-state index in [1.54, 1.807) is 37.5 Å². The van der Waals surface area contributed by atoms with E-state index in [0.717, 1.165) is 25.2 Å². The van der Waals surface area contributed by atoms with E-state index in [4.69, 9.17) is 4.74 Å². The second kappa shape index (κ2) is 15.3. The van der Waals surface area contributed by atoms with Gasteiger partial charge in [0.15, 0.2) is 0 Å². The third kappa shape index (κ3) is 8.91. The first-order chi connectivity index (χ1) is 21.9. The van der Waals surface area contributed by atoms with Crippen molar-refractivity contribution in [3.63, 3.8) is 0 Å². The Kier molecular flexibility index (Phi) is 10.8. The number of H-pyrrole nitrogens is 1. The number of nitrogens with one attached hydrogen (secondary N) is 4. The second-order valence-corrected chi connectivity index (χ2v) is 11.6. The van der Waals surface area contributed by atoms with E-state index in [0.29, 0.717) is 11.4 Å². The van der Waals surface area contributed by atoms with Crippen molar-refractivity contribution < 1.29 is 23.9 Å². The minimum Gasteiger partial charge on any atom is -0.491 e. The van der Waals surface area contributed by atoms with Crippen molar-refractivity contribution in [2.75, 3.05) is 33.3 Å². The summed E-state index contributed by atoms with van der Waals surface area (Å²) in [5.74, 6) is -1.62. The highest BCUT2D eigenvalue weighted by Gasteiger charge is 2.30. The molecule has 0 unspecified atom stereocenters. The fourth-order valence-corrected chi connectivity index (χ4v) is 5.60. The number of likely N-dealkylation sites (tertiary alicyclic amines) is 1. The first-order valence-corrected chi connectivity index (χ1v) is 15.5. The largest absolute Gasteiger partial charge is 0.491 e. The molecule has 5 rings (SSSR count). The molecule has 45 heavy (non-hydrogen) atoms. The van der Waals surface area contributed by atoms with Gasteiger partial charge in [0, 0.05) is 38.4 Å². The van der Waals surface area contributed by atoms with E-state index < -0.39 is 29.8 Å². The summed E-state index contributed by atoms with van der Waals surface area (Å²) in [4.78, 5) is 64.4. The highest BCUT2D eigenvalue weighted by atomic mass is 16.5. The first-order valence-electron chi connectivity index (χ1n) is 15.5. The average Bonchev–Trinajstić information content (AvgIpc) is 3.57. The van der Waals surface area contributed by atoms with Gasteiger partial charge in [0.2, 0.25) is 17.7 Å². The number of likely N-dealkylation sites (N-methyl/N-ethyl adjacent to an activating group) is 1. The maximum atomic E-state index is 13.5.